The molecule has 2 aromatic rings. The van der Waals surface area contributed by atoms with Gasteiger partial charge in [-0.05, 0) is 31.5 Å². The topological polar surface area (TPSA) is 72.4 Å². The number of aromatic amines is 1. The number of aliphatic hydroxyl groups is 2. The van der Waals surface area contributed by atoms with E-state index in [4.69, 9.17) is 0 Å². The van der Waals surface area contributed by atoms with Gasteiger partial charge in [-0.1, -0.05) is 12.1 Å². The second-order valence-electron chi connectivity index (χ2n) is 5.49. The molecule has 0 amide bonds. The predicted molar refractivity (Wildman–Crippen MR) is 77.6 cm³/mol. The van der Waals surface area contributed by atoms with Crippen LogP contribution in [0.4, 0.5) is 0 Å². The van der Waals surface area contributed by atoms with Gasteiger partial charge in [0.1, 0.15) is 5.82 Å². The minimum absolute atomic E-state index is 0.00332. The van der Waals surface area contributed by atoms with E-state index in [-0.39, 0.29) is 19.3 Å². The maximum atomic E-state index is 9.32. The molecular weight excluding hydrogens is 254 g/mol. The first-order chi connectivity index (χ1) is 9.81. The first-order valence-electron chi connectivity index (χ1n) is 7.22. The Morgan fingerprint density at radius 3 is 2.85 bits per heavy atom. The number of nitrogens with zero attached hydrogens (tertiary/aromatic N) is 2. The summed E-state index contributed by atoms with van der Waals surface area (Å²) in [7, 11) is 0. The number of aromatic nitrogens is 2. The molecule has 5 heteroatoms. The molecule has 1 aliphatic heterocycles. The third-order valence-electron chi connectivity index (χ3n) is 4.19. The molecule has 1 aromatic carbocycles. The maximum absolute atomic E-state index is 9.32. The van der Waals surface area contributed by atoms with Crippen molar-refractivity contribution in [3.63, 3.8) is 0 Å². The fraction of sp³-hybridized carbons (Fsp3) is 0.533. The van der Waals surface area contributed by atoms with Crippen LogP contribution in [0.1, 0.15) is 24.6 Å². The summed E-state index contributed by atoms with van der Waals surface area (Å²) in [5.41, 5.74) is 2.07. The van der Waals surface area contributed by atoms with Crippen LogP contribution in [0.15, 0.2) is 24.3 Å². The van der Waals surface area contributed by atoms with Gasteiger partial charge in [0.25, 0.3) is 0 Å². The van der Waals surface area contributed by atoms with Crippen molar-refractivity contribution in [2.45, 2.75) is 24.8 Å². The molecule has 2 heterocycles. The van der Waals surface area contributed by atoms with Crippen molar-refractivity contribution >= 4 is 11.0 Å². The van der Waals surface area contributed by atoms with E-state index in [0.29, 0.717) is 5.92 Å². The van der Waals surface area contributed by atoms with E-state index in [1.54, 1.807) is 0 Å². The first-order valence-corrected chi connectivity index (χ1v) is 7.22. The summed E-state index contributed by atoms with van der Waals surface area (Å²) in [5.74, 6) is 1.36. The molecule has 1 aromatic heterocycles. The van der Waals surface area contributed by atoms with E-state index in [0.717, 1.165) is 42.8 Å². The van der Waals surface area contributed by atoms with Gasteiger partial charge >= 0.3 is 0 Å². The van der Waals surface area contributed by atoms with Crippen LogP contribution < -0.4 is 0 Å². The molecule has 3 rings (SSSR count). The number of nitrogens with one attached hydrogen (secondary N) is 1. The number of rotatable bonds is 4. The molecule has 20 heavy (non-hydrogen) atoms. The van der Waals surface area contributed by atoms with E-state index in [2.05, 4.69) is 14.9 Å². The van der Waals surface area contributed by atoms with Crippen molar-refractivity contribution in [3.05, 3.63) is 30.1 Å². The molecule has 0 spiro atoms. The standard InChI is InChI=1S/C15H21N3O2/c19-9-12(10-20)18-7-3-4-11(8-18)15-16-13-5-1-2-6-14(13)17-15/h1-2,5-6,11-12,19-20H,3-4,7-10H2,(H,16,17)/t11-/m0/s1. The van der Waals surface area contributed by atoms with Gasteiger partial charge in [-0.3, -0.25) is 4.90 Å². The van der Waals surface area contributed by atoms with Crippen molar-refractivity contribution in [3.8, 4) is 0 Å². The van der Waals surface area contributed by atoms with E-state index >= 15 is 0 Å². The number of piperidine rings is 1. The second-order valence-corrected chi connectivity index (χ2v) is 5.49. The first kappa shape index (κ1) is 13.5. The summed E-state index contributed by atoms with van der Waals surface area (Å²) in [6.45, 7) is 1.78. The van der Waals surface area contributed by atoms with Crippen molar-refractivity contribution in [1.82, 2.24) is 14.9 Å². The number of benzene rings is 1. The number of para-hydroxylation sites is 2. The predicted octanol–water partition coefficient (Wildman–Crippen LogP) is 1.10. The zero-order chi connectivity index (χ0) is 13.9. The summed E-state index contributed by atoms with van der Waals surface area (Å²) in [6, 6.07) is 7.90. The third kappa shape index (κ3) is 2.57. The Bertz CT molecular complexity index is 532. The van der Waals surface area contributed by atoms with Gasteiger partial charge in [0.15, 0.2) is 0 Å². The van der Waals surface area contributed by atoms with Crippen LogP contribution in [0.3, 0.4) is 0 Å². The maximum Gasteiger partial charge on any atom is 0.111 e. The minimum atomic E-state index is -0.151. The fourth-order valence-corrected chi connectivity index (χ4v) is 3.02. The van der Waals surface area contributed by atoms with Gasteiger partial charge in [0.05, 0.1) is 30.3 Å². The average Bonchev–Trinajstić information content (AvgIpc) is 2.93. The smallest absolute Gasteiger partial charge is 0.111 e. The third-order valence-corrected chi connectivity index (χ3v) is 4.19. The van der Waals surface area contributed by atoms with E-state index in [9.17, 15) is 10.2 Å². The molecule has 1 aliphatic rings. The highest BCUT2D eigenvalue weighted by atomic mass is 16.3. The fourth-order valence-electron chi connectivity index (χ4n) is 3.02. The van der Waals surface area contributed by atoms with Crippen LogP contribution in [0.2, 0.25) is 0 Å². The molecule has 0 aliphatic carbocycles. The average molecular weight is 275 g/mol. The lowest BCUT2D eigenvalue weighted by atomic mass is 9.96. The number of imidazole rings is 1. The normalized spacial score (nSPS) is 20.9. The monoisotopic (exact) mass is 275 g/mol. The van der Waals surface area contributed by atoms with E-state index in [1.165, 1.54) is 0 Å². The zero-order valence-corrected chi connectivity index (χ0v) is 11.5. The quantitative estimate of drug-likeness (QED) is 0.781. The lowest BCUT2D eigenvalue weighted by Gasteiger charge is -2.36. The van der Waals surface area contributed by atoms with Crippen molar-refractivity contribution in [2.75, 3.05) is 26.3 Å². The minimum Gasteiger partial charge on any atom is -0.395 e. The Balaban J connectivity index is 1.79. The molecule has 108 valence electrons. The van der Waals surface area contributed by atoms with Gasteiger partial charge < -0.3 is 15.2 Å². The van der Waals surface area contributed by atoms with Crippen molar-refractivity contribution in [2.24, 2.45) is 0 Å². The highest BCUT2D eigenvalue weighted by Crippen LogP contribution is 2.27. The van der Waals surface area contributed by atoms with Crippen molar-refractivity contribution < 1.29 is 10.2 Å². The summed E-state index contributed by atoms with van der Waals surface area (Å²) < 4.78 is 0. The SMILES string of the molecule is OCC(CO)N1CCC[C@H](c2nc3ccccc3[nH]2)C1. The van der Waals surface area contributed by atoms with Gasteiger partial charge in [0.2, 0.25) is 0 Å². The van der Waals surface area contributed by atoms with Gasteiger partial charge in [-0.15, -0.1) is 0 Å². The van der Waals surface area contributed by atoms with E-state index in [1.807, 2.05) is 24.3 Å². The molecule has 0 bridgehead atoms. The number of likely N-dealkylation sites (tertiary alicyclic amines) is 1. The molecule has 0 saturated carbocycles. The highest BCUT2D eigenvalue weighted by molar-refractivity contribution is 5.74. The van der Waals surface area contributed by atoms with Crippen molar-refractivity contribution in [1.29, 1.82) is 0 Å². The lowest BCUT2D eigenvalue weighted by molar-refractivity contribution is 0.0542. The molecule has 3 N–H and O–H groups in total. The Hall–Kier alpha value is -1.43. The number of aliphatic hydroxyl groups excluding tert-OH is 2. The number of fused-ring (bicyclic) bond motifs is 1. The Labute approximate surface area is 118 Å². The molecule has 5 nitrogen and oxygen atoms in total. The Morgan fingerprint density at radius 1 is 1.30 bits per heavy atom. The van der Waals surface area contributed by atoms with Crippen LogP contribution in [0.25, 0.3) is 11.0 Å². The second kappa shape index (κ2) is 5.91. The van der Waals surface area contributed by atoms with Crippen LogP contribution in [0, 0.1) is 0 Å². The number of hydrogen-bond donors (Lipinski definition) is 3. The van der Waals surface area contributed by atoms with Gasteiger partial charge in [0, 0.05) is 12.5 Å². The summed E-state index contributed by atoms with van der Waals surface area (Å²) in [6.07, 6.45) is 2.16. The Morgan fingerprint density at radius 2 is 2.10 bits per heavy atom. The summed E-state index contributed by atoms with van der Waals surface area (Å²) >= 11 is 0. The van der Waals surface area contributed by atoms with Gasteiger partial charge in [-0.25, -0.2) is 4.98 Å². The zero-order valence-electron chi connectivity index (χ0n) is 11.5. The van der Waals surface area contributed by atoms with Gasteiger partial charge in [-0.2, -0.15) is 0 Å². The molecule has 0 radical (unpaired) electrons. The summed E-state index contributed by atoms with van der Waals surface area (Å²) in [5, 5.41) is 18.6. The molecule has 1 fully saturated rings. The highest BCUT2D eigenvalue weighted by Gasteiger charge is 2.27. The Kier molecular flexibility index (Phi) is 4.00. The number of hydrogen-bond acceptors (Lipinski definition) is 4. The van der Waals surface area contributed by atoms with Crippen LogP contribution in [-0.4, -0.2) is 57.4 Å². The van der Waals surface area contributed by atoms with E-state index < -0.39 is 0 Å². The largest absolute Gasteiger partial charge is 0.395 e. The molecular formula is C15H21N3O2. The van der Waals surface area contributed by atoms with Crippen LogP contribution >= 0.6 is 0 Å². The molecule has 0 unspecified atom stereocenters. The molecule has 1 saturated heterocycles. The summed E-state index contributed by atoms with van der Waals surface area (Å²) in [4.78, 5) is 10.2. The molecule has 1 atom stereocenters. The number of H-pyrrole nitrogens is 1. The lowest BCUT2D eigenvalue weighted by Crippen LogP contribution is -2.45. The van der Waals surface area contributed by atoms with Crippen LogP contribution in [0.5, 0.6) is 0 Å². The van der Waals surface area contributed by atoms with Crippen LogP contribution in [-0.2, 0) is 0 Å².